The number of amides is 4. The first kappa shape index (κ1) is 34.3. The number of halogens is 1. The molecule has 0 spiro atoms. The van der Waals surface area contributed by atoms with Gasteiger partial charge in [-0.15, -0.1) is 0 Å². The summed E-state index contributed by atoms with van der Waals surface area (Å²) in [6.45, 7) is 10.2. The van der Waals surface area contributed by atoms with Gasteiger partial charge in [-0.05, 0) is 43.3 Å². The Morgan fingerprint density at radius 3 is 2.17 bits per heavy atom. The summed E-state index contributed by atoms with van der Waals surface area (Å²) in [4.78, 5) is 56.7. The van der Waals surface area contributed by atoms with Gasteiger partial charge in [-0.3, -0.25) is 23.9 Å². The van der Waals surface area contributed by atoms with Crippen molar-refractivity contribution in [3.8, 4) is 0 Å². The minimum absolute atomic E-state index is 0.0707. The van der Waals surface area contributed by atoms with E-state index >= 15 is 4.39 Å². The van der Waals surface area contributed by atoms with Crippen LogP contribution in [0.3, 0.4) is 0 Å². The van der Waals surface area contributed by atoms with E-state index in [1.165, 1.54) is 23.0 Å². The van der Waals surface area contributed by atoms with Crippen LogP contribution in [0.1, 0.15) is 67.6 Å². The number of nitrogens with zero attached hydrogens (tertiary/aromatic N) is 4. The standard InChI is InChI=1S/C34H44FN7O4/c1-6-29(43)38-31(34(46)41-19-17-40(5)18-20-41)23(4)25-13-14-27(26(35)21-25)37-33(45)30(22(3)24-11-9-8-10-12-24)39-32(44)28-15-16-36-42(28)7-2/h8-16,21-23,30-31H,6-7,17-20H2,1-5H3,(H,37,45)(H,38,43)(H,39,44). The Kier molecular flexibility index (Phi) is 11.6. The molecule has 1 aliphatic heterocycles. The predicted molar refractivity (Wildman–Crippen MR) is 174 cm³/mol. The molecule has 3 N–H and O–H groups in total. The molecule has 12 heteroatoms. The number of carbonyl (C=O) groups is 4. The summed E-state index contributed by atoms with van der Waals surface area (Å²) in [5, 5.41) is 12.5. The van der Waals surface area contributed by atoms with Crippen LogP contribution in [0, 0.1) is 5.82 Å². The van der Waals surface area contributed by atoms with Gasteiger partial charge in [0.2, 0.25) is 17.7 Å². The molecule has 4 rings (SSSR count). The van der Waals surface area contributed by atoms with E-state index in [-0.39, 0.29) is 23.9 Å². The van der Waals surface area contributed by atoms with Crippen LogP contribution in [-0.4, -0.2) is 88.5 Å². The average Bonchev–Trinajstić information content (AvgIpc) is 3.56. The number of hydrogen-bond acceptors (Lipinski definition) is 6. The largest absolute Gasteiger partial charge is 0.344 e. The molecule has 0 bridgehead atoms. The third kappa shape index (κ3) is 8.16. The Labute approximate surface area is 269 Å². The zero-order valence-corrected chi connectivity index (χ0v) is 27.1. The number of nitrogens with one attached hydrogen (secondary N) is 3. The third-order valence-corrected chi connectivity index (χ3v) is 8.64. The van der Waals surface area contributed by atoms with Crippen LogP contribution in [0.5, 0.6) is 0 Å². The average molecular weight is 634 g/mol. The number of anilines is 1. The smallest absolute Gasteiger partial charge is 0.270 e. The summed E-state index contributed by atoms with van der Waals surface area (Å²) >= 11 is 0. The Hall–Kier alpha value is -4.58. The minimum Gasteiger partial charge on any atom is -0.344 e. The van der Waals surface area contributed by atoms with E-state index in [9.17, 15) is 19.2 Å². The topological polar surface area (TPSA) is 129 Å². The van der Waals surface area contributed by atoms with E-state index in [4.69, 9.17) is 0 Å². The highest BCUT2D eigenvalue weighted by Gasteiger charge is 2.34. The molecule has 46 heavy (non-hydrogen) atoms. The van der Waals surface area contributed by atoms with Crippen LogP contribution in [0.25, 0.3) is 0 Å². The second-order valence-corrected chi connectivity index (χ2v) is 11.7. The highest BCUT2D eigenvalue weighted by Crippen LogP contribution is 2.27. The van der Waals surface area contributed by atoms with Gasteiger partial charge in [0, 0.05) is 57.2 Å². The number of aryl methyl sites for hydroxylation is 1. The second-order valence-electron chi connectivity index (χ2n) is 11.7. The minimum atomic E-state index is -1.04. The van der Waals surface area contributed by atoms with Crippen molar-refractivity contribution >= 4 is 29.3 Å². The molecule has 4 amide bonds. The first-order valence-electron chi connectivity index (χ1n) is 15.8. The normalized spacial score (nSPS) is 16.2. The Bertz CT molecular complexity index is 1520. The van der Waals surface area contributed by atoms with Crippen molar-refractivity contribution in [2.24, 2.45) is 0 Å². The molecule has 1 aliphatic rings. The van der Waals surface area contributed by atoms with Crippen LogP contribution < -0.4 is 16.0 Å². The fourth-order valence-electron chi connectivity index (χ4n) is 5.58. The summed E-state index contributed by atoms with van der Waals surface area (Å²) in [6, 6.07) is 13.3. The number of likely N-dealkylation sites (N-methyl/N-ethyl adjacent to an activating group) is 1. The maximum Gasteiger partial charge on any atom is 0.270 e. The second kappa shape index (κ2) is 15.6. The zero-order chi connectivity index (χ0) is 33.4. The van der Waals surface area contributed by atoms with Gasteiger partial charge in [0.15, 0.2) is 0 Å². The molecule has 0 saturated carbocycles. The highest BCUT2D eigenvalue weighted by atomic mass is 19.1. The molecule has 3 aromatic rings. The van der Waals surface area contributed by atoms with E-state index < -0.39 is 41.6 Å². The number of hydrogen-bond donors (Lipinski definition) is 3. The van der Waals surface area contributed by atoms with E-state index in [0.29, 0.717) is 30.9 Å². The molecular formula is C34H44FN7O4. The molecule has 1 fully saturated rings. The molecular weight excluding hydrogens is 589 g/mol. The van der Waals surface area contributed by atoms with Gasteiger partial charge in [-0.1, -0.05) is 57.2 Å². The van der Waals surface area contributed by atoms with Crippen molar-refractivity contribution in [2.45, 2.75) is 64.6 Å². The first-order chi connectivity index (χ1) is 22.0. The van der Waals surface area contributed by atoms with Gasteiger partial charge in [-0.25, -0.2) is 4.39 Å². The van der Waals surface area contributed by atoms with Gasteiger partial charge in [-0.2, -0.15) is 5.10 Å². The number of aromatic nitrogens is 2. The fourth-order valence-corrected chi connectivity index (χ4v) is 5.58. The fraction of sp³-hybridized carbons (Fsp3) is 0.441. The monoisotopic (exact) mass is 633 g/mol. The lowest BCUT2D eigenvalue weighted by Crippen LogP contribution is -2.55. The van der Waals surface area contributed by atoms with Gasteiger partial charge in [0.05, 0.1) is 5.69 Å². The number of benzene rings is 2. The molecule has 2 aromatic carbocycles. The van der Waals surface area contributed by atoms with Gasteiger partial charge >= 0.3 is 0 Å². The molecule has 4 unspecified atom stereocenters. The molecule has 0 aliphatic carbocycles. The van der Waals surface area contributed by atoms with Crippen LogP contribution >= 0.6 is 0 Å². The van der Waals surface area contributed by atoms with Crippen molar-refractivity contribution in [1.82, 2.24) is 30.2 Å². The summed E-state index contributed by atoms with van der Waals surface area (Å²) < 4.78 is 17.2. The molecule has 1 aromatic heterocycles. The van der Waals surface area contributed by atoms with Crippen molar-refractivity contribution in [1.29, 1.82) is 0 Å². The van der Waals surface area contributed by atoms with Crippen LogP contribution in [0.4, 0.5) is 10.1 Å². The quantitative estimate of drug-likeness (QED) is 0.281. The summed E-state index contributed by atoms with van der Waals surface area (Å²) in [6.07, 6.45) is 1.72. The lowest BCUT2D eigenvalue weighted by Gasteiger charge is -2.36. The van der Waals surface area contributed by atoms with E-state index in [0.717, 1.165) is 18.7 Å². The first-order valence-corrected chi connectivity index (χ1v) is 15.8. The summed E-state index contributed by atoms with van der Waals surface area (Å²) in [5.41, 5.74) is 1.55. The van der Waals surface area contributed by atoms with Gasteiger partial charge < -0.3 is 25.8 Å². The summed E-state index contributed by atoms with van der Waals surface area (Å²) in [5.74, 6) is -3.25. The van der Waals surface area contributed by atoms with Crippen LogP contribution in [-0.2, 0) is 20.9 Å². The molecule has 0 radical (unpaired) electrons. The maximum atomic E-state index is 15.6. The molecule has 1 saturated heterocycles. The predicted octanol–water partition coefficient (Wildman–Crippen LogP) is 3.36. The molecule has 11 nitrogen and oxygen atoms in total. The Morgan fingerprint density at radius 2 is 1.54 bits per heavy atom. The van der Waals surface area contributed by atoms with Crippen molar-refractivity contribution in [2.75, 3.05) is 38.5 Å². The SMILES string of the molecule is CCC(=O)NC(C(=O)N1CCN(C)CC1)C(C)c1ccc(NC(=O)C(NC(=O)c2ccnn2CC)C(C)c2ccccc2)c(F)c1. The van der Waals surface area contributed by atoms with Crippen molar-refractivity contribution in [3.63, 3.8) is 0 Å². The highest BCUT2D eigenvalue weighted by molar-refractivity contribution is 6.01. The molecule has 4 atom stereocenters. The summed E-state index contributed by atoms with van der Waals surface area (Å²) in [7, 11) is 1.99. The van der Waals surface area contributed by atoms with E-state index in [1.807, 2.05) is 51.2 Å². The zero-order valence-electron chi connectivity index (χ0n) is 27.1. The van der Waals surface area contributed by atoms with Crippen LogP contribution in [0.15, 0.2) is 60.8 Å². The van der Waals surface area contributed by atoms with Crippen molar-refractivity contribution in [3.05, 3.63) is 83.4 Å². The van der Waals surface area contributed by atoms with E-state index in [2.05, 4.69) is 25.9 Å². The van der Waals surface area contributed by atoms with Gasteiger partial charge in [0.1, 0.15) is 23.6 Å². The lowest BCUT2D eigenvalue weighted by atomic mass is 9.91. The molecule has 246 valence electrons. The Balaban J connectivity index is 1.55. The lowest BCUT2D eigenvalue weighted by molar-refractivity contribution is -0.138. The van der Waals surface area contributed by atoms with E-state index in [1.54, 1.807) is 30.9 Å². The maximum absolute atomic E-state index is 15.6. The molecule has 2 heterocycles. The number of rotatable bonds is 12. The number of piperazine rings is 1. The van der Waals surface area contributed by atoms with Gasteiger partial charge in [0.25, 0.3) is 5.91 Å². The number of carbonyl (C=O) groups excluding carboxylic acids is 4. The van der Waals surface area contributed by atoms with Crippen LogP contribution in [0.2, 0.25) is 0 Å². The van der Waals surface area contributed by atoms with Crippen molar-refractivity contribution < 1.29 is 23.6 Å². The Morgan fingerprint density at radius 1 is 0.870 bits per heavy atom. The third-order valence-electron chi connectivity index (χ3n) is 8.64.